The van der Waals surface area contributed by atoms with Gasteiger partial charge in [0.15, 0.2) is 5.17 Å². The van der Waals surface area contributed by atoms with E-state index in [4.69, 9.17) is 4.74 Å². The number of methoxy groups -OCH3 is 1. The number of ether oxygens (including phenoxy) is 1. The van der Waals surface area contributed by atoms with E-state index < -0.39 is 0 Å². The molecule has 3 aromatic rings. The standard InChI is InChI=1S/C31H33N3O3S/c1-6-22(4)24-9-11-25(12-10-24)32-29(35)19-38-31-33-28(18-23-7-13-27(37-5)14-8-23)30(36)34(31)26-16-20(2)15-21(3)17-26/h7-18,22H,6,19H2,1-5H3,(H,32,35)/b28-18+/t22-/m1/s1. The monoisotopic (exact) mass is 527 g/mol. The van der Waals surface area contributed by atoms with E-state index >= 15 is 0 Å². The summed E-state index contributed by atoms with van der Waals surface area (Å²) < 4.78 is 5.23. The molecule has 0 saturated carbocycles. The van der Waals surface area contributed by atoms with E-state index in [0.717, 1.165) is 40.2 Å². The molecule has 0 spiro atoms. The molecule has 2 amide bonds. The molecule has 1 heterocycles. The average Bonchev–Trinajstić information content (AvgIpc) is 3.22. The van der Waals surface area contributed by atoms with Gasteiger partial charge in [-0.25, -0.2) is 4.99 Å². The zero-order chi connectivity index (χ0) is 27.2. The van der Waals surface area contributed by atoms with Crippen LogP contribution in [0.2, 0.25) is 0 Å². The second-order valence-corrected chi connectivity index (χ2v) is 10.4. The molecule has 0 fully saturated rings. The van der Waals surface area contributed by atoms with E-state index in [1.165, 1.54) is 17.3 Å². The number of carbonyl (C=O) groups is 2. The summed E-state index contributed by atoms with van der Waals surface area (Å²) in [5.41, 5.74) is 5.97. The minimum atomic E-state index is -0.227. The van der Waals surface area contributed by atoms with Crippen LogP contribution in [0.4, 0.5) is 11.4 Å². The van der Waals surface area contributed by atoms with E-state index in [1.54, 1.807) is 18.1 Å². The van der Waals surface area contributed by atoms with Crippen LogP contribution in [-0.2, 0) is 9.59 Å². The third-order valence-corrected chi connectivity index (χ3v) is 7.36. The molecule has 196 valence electrons. The van der Waals surface area contributed by atoms with Crippen LogP contribution in [0, 0.1) is 13.8 Å². The second kappa shape index (κ2) is 12.1. The highest BCUT2D eigenvalue weighted by atomic mass is 32.2. The number of nitrogens with zero attached hydrogens (tertiary/aromatic N) is 2. The van der Waals surface area contributed by atoms with Crippen molar-refractivity contribution in [2.45, 2.75) is 40.0 Å². The fourth-order valence-corrected chi connectivity index (χ4v) is 5.03. The van der Waals surface area contributed by atoms with Crippen molar-refractivity contribution in [3.05, 3.63) is 94.7 Å². The third kappa shape index (κ3) is 6.53. The summed E-state index contributed by atoms with van der Waals surface area (Å²) in [7, 11) is 1.61. The van der Waals surface area contributed by atoms with E-state index in [1.807, 2.05) is 62.4 Å². The third-order valence-electron chi connectivity index (χ3n) is 6.42. The number of benzene rings is 3. The van der Waals surface area contributed by atoms with Gasteiger partial charge in [-0.1, -0.05) is 55.9 Å². The summed E-state index contributed by atoms with van der Waals surface area (Å²) in [6, 6.07) is 21.4. The van der Waals surface area contributed by atoms with E-state index in [9.17, 15) is 9.59 Å². The maximum Gasteiger partial charge on any atom is 0.283 e. The molecule has 1 aliphatic rings. The van der Waals surface area contributed by atoms with E-state index in [-0.39, 0.29) is 17.6 Å². The van der Waals surface area contributed by atoms with Crippen LogP contribution in [0.15, 0.2) is 77.4 Å². The highest BCUT2D eigenvalue weighted by molar-refractivity contribution is 8.14. The van der Waals surface area contributed by atoms with Gasteiger partial charge < -0.3 is 10.1 Å². The van der Waals surface area contributed by atoms with E-state index in [0.29, 0.717) is 16.8 Å². The van der Waals surface area contributed by atoms with Crippen molar-refractivity contribution in [2.24, 2.45) is 4.99 Å². The molecule has 0 radical (unpaired) electrons. The fourth-order valence-electron chi connectivity index (χ4n) is 4.22. The number of aryl methyl sites for hydroxylation is 2. The lowest BCUT2D eigenvalue weighted by Crippen LogP contribution is -2.31. The van der Waals surface area contributed by atoms with Crippen molar-refractivity contribution in [1.29, 1.82) is 0 Å². The molecule has 1 aliphatic heterocycles. The molecule has 4 rings (SSSR count). The summed E-state index contributed by atoms with van der Waals surface area (Å²) in [4.78, 5) is 32.6. The Balaban J connectivity index is 1.54. The molecule has 1 atom stereocenters. The van der Waals surface area contributed by atoms with Crippen LogP contribution in [-0.4, -0.2) is 29.8 Å². The highest BCUT2D eigenvalue weighted by Gasteiger charge is 2.32. The number of anilines is 2. The Labute approximate surface area is 228 Å². The van der Waals surface area contributed by atoms with Crippen molar-refractivity contribution >= 4 is 46.2 Å². The highest BCUT2D eigenvalue weighted by Crippen LogP contribution is 2.31. The van der Waals surface area contributed by atoms with Gasteiger partial charge in [0.2, 0.25) is 5.91 Å². The second-order valence-electron chi connectivity index (χ2n) is 9.45. The van der Waals surface area contributed by atoms with Crippen molar-refractivity contribution in [3.8, 4) is 5.75 Å². The van der Waals surface area contributed by atoms with Crippen LogP contribution in [0.5, 0.6) is 5.75 Å². The van der Waals surface area contributed by atoms with Gasteiger partial charge in [-0.15, -0.1) is 0 Å². The first kappa shape index (κ1) is 27.2. The quantitative estimate of drug-likeness (QED) is 0.322. The number of hydrogen-bond donors (Lipinski definition) is 1. The molecule has 38 heavy (non-hydrogen) atoms. The summed E-state index contributed by atoms with van der Waals surface area (Å²) >= 11 is 1.24. The number of rotatable bonds is 8. The average molecular weight is 528 g/mol. The normalized spacial score (nSPS) is 15.0. The first-order chi connectivity index (χ1) is 18.3. The molecule has 0 bridgehead atoms. The van der Waals surface area contributed by atoms with Gasteiger partial charge in [-0.3, -0.25) is 14.5 Å². The minimum absolute atomic E-state index is 0.121. The van der Waals surface area contributed by atoms with Crippen LogP contribution < -0.4 is 15.0 Å². The van der Waals surface area contributed by atoms with Crippen LogP contribution in [0.1, 0.15) is 48.4 Å². The number of aliphatic imine (C=N–C) groups is 1. The molecule has 0 aromatic heterocycles. The van der Waals surface area contributed by atoms with Crippen molar-refractivity contribution in [2.75, 3.05) is 23.1 Å². The summed E-state index contributed by atoms with van der Waals surface area (Å²) in [5.74, 6) is 0.950. The minimum Gasteiger partial charge on any atom is -0.497 e. The molecule has 0 unspecified atom stereocenters. The predicted octanol–water partition coefficient (Wildman–Crippen LogP) is 6.94. The lowest BCUT2D eigenvalue weighted by molar-refractivity contribution is -0.114. The van der Waals surface area contributed by atoms with Gasteiger partial charge in [-0.05, 0) is 90.9 Å². The van der Waals surface area contributed by atoms with E-state index in [2.05, 4.69) is 42.4 Å². The number of amidine groups is 1. The topological polar surface area (TPSA) is 71.0 Å². The maximum absolute atomic E-state index is 13.5. The first-order valence-corrected chi connectivity index (χ1v) is 13.7. The van der Waals surface area contributed by atoms with Gasteiger partial charge in [-0.2, -0.15) is 0 Å². The van der Waals surface area contributed by atoms with Gasteiger partial charge in [0.05, 0.1) is 18.6 Å². The Morgan fingerprint density at radius 1 is 1.05 bits per heavy atom. The van der Waals surface area contributed by atoms with Crippen molar-refractivity contribution in [3.63, 3.8) is 0 Å². The lowest BCUT2D eigenvalue weighted by Gasteiger charge is -2.19. The van der Waals surface area contributed by atoms with Gasteiger partial charge in [0, 0.05) is 5.69 Å². The van der Waals surface area contributed by atoms with Crippen LogP contribution >= 0.6 is 11.8 Å². The van der Waals surface area contributed by atoms with Crippen molar-refractivity contribution < 1.29 is 14.3 Å². The lowest BCUT2D eigenvalue weighted by atomic mass is 9.99. The molecule has 3 aromatic carbocycles. The zero-order valence-electron chi connectivity index (χ0n) is 22.4. The molecule has 6 nitrogen and oxygen atoms in total. The largest absolute Gasteiger partial charge is 0.497 e. The first-order valence-electron chi connectivity index (χ1n) is 12.7. The Morgan fingerprint density at radius 3 is 2.32 bits per heavy atom. The SMILES string of the molecule is CC[C@@H](C)c1ccc(NC(=O)CSC2=N/C(=C/c3ccc(OC)cc3)C(=O)N2c2cc(C)cc(C)c2)cc1. The predicted molar refractivity (Wildman–Crippen MR) is 158 cm³/mol. The van der Waals surface area contributed by atoms with Gasteiger partial charge in [0.25, 0.3) is 5.91 Å². The smallest absolute Gasteiger partial charge is 0.283 e. The molecule has 1 N–H and O–H groups in total. The molecular formula is C31H33N3O3S. The number of carbonyl (C=O) groups excluding carboxylic acids is 2. The number of amides is 2. The number of hydrogen-bond acceptors (Lipinski definition) is 5. The maximum atomic E-state index is 13.5. The summed E-state index contributed by atoms with van der Waals surface area (Å²) in [5, 5.41) is 3.43. The van der Waals surface area contributed by atoms with Crippen LogP contribution in [0.3, 0.4) is 0 Å². The zero-order valence-corrected chi connectivity index (χ0v) is 23.3. The Bertz CT molecular complexity index is 1360. The van der Waals surface area contributed by atoms with Crippen LogP contribution in [0.25, 0.3) is 6.08 Å². The Kier molecular flexibility index (Phi) is 8.69. The number of nitrogens with one attached hydrogen (secondary N) is 1. The molecule has 0 aliphatic carbocycles. The molecule has 0 saturated heterocycles. The molecular weight excluding hydrogens is 494 g/mol. The van der Waals surface area contributed by atoms with Crippen molar-refractivity contribution in [1.82, 2.24) is 0 Å². The summed E-state index contributed by atoms with van der Waals surface area (Å²) in [6.07, 6.45) is 2.82. The summed E-state index contributed by atoms with van der Waals surface area (Å²) in [6.45, 7) is 8.34. The van der Waals surface area contributed by atoms with Gasteiger partial charge in [0.1, 0.15) is 11.4 Å². The fraction of sp³-hybridized carbons (Fsp3) is 0.258. The van der Waals surface area contributed by atoms with Gasteiger partial charge >= 0.3 is 0 Å². The Morgan fingerprint density at radius 2 is 1.71 bits per heavy atom. The number of thioether (sulfide) groups is 1. The molecule has 7 heteroatoms. The Hall–Kier alpha value is -3.84.